The molecule has 0 aliphatic heterocycles. The Labute approximate surface area is 139 Å². The Bertz CT molecular complexity index is 722. The van der Waals surface area contributed by atoms with Crippen LogP contribution in [-0.2, 0) is 20.5 Å². The summed E-state index contributed by atoms with van der Waals surface area (Å²) in [6.45, 7) is -0.533. The Hall–Kier alpha value is -2.61. The van der Waals surface area contributed by atoms with Crippen LogP contribution in [0.4, 0.5) is 18.9 Å². The quantitative estimate of drug-likeness (QED) is 0.652. The van der Waals surface area contributed by atoms with Gasteiger partial charge >= 0.3 is 12.1 Å². The lowest BCUT2D eigenvalue weighted by Crippen LogP contribution is -2.20. The summed E-state index contributed by atoms with van der Waals surface area (Å²) in [6.07, 6.45) is -1.69. The molecule has 126 valence electrons. The third-order valence-electron chi connectivity index (χ3n) is 2.77. The van der Waals surface area contributed by atoms with E-state index in [1.54, 1.807) is 6.08 Å². The zero-order valence-electron chi connectivity index (χ0n) is 12.2. The van der Waals surface area contributed by atoms with E-state index in [2.05, 4.69) is 5.32 Å². The van der Waals surface area contributed by atoms with Crippen molar-refractivity contribution < 1.29 is 27.5 Å². The molecule has 0 aliphatic rings. The summed E-state index contributed by atoms with van der Waals surface area (Å²) < 4.78 is 42.0. The van der Waals surface area contributed by atoms with Crippen LogP contribution in [-0.4, -0.2) is 18.5 Å². The van der Waals surface area contributed by atoms with Gasteiger partial charge in [-0.15, -0.1) is 11.3 Å². The first-order chi connectivity index (χ1) is 11.3. The van der Waals surface area contributed by atoms with Gasteiger partial charge in [-0.1, -0.05) is 6.07 Å². The summed E-state index contributed by atoms with van der Waals surface area (Å²) in [6, 6.07) is 7.59. The molecule has 8 heteroatoms. The highest BCUT2D eigenvalue weighted by Gasteiger charge is 2.29. The van der Waals surface area contributed by atoms with Crippen LogP contribution in [0.1, 0.15) is 10.4 Å². The van der Waals surface area contributed by atoms with Gasteiger partial charge in [-0.2, -0.15) is 13.2 Å². The molecule has 2 aromatic rings. The summed E-state index contributed by atoms with van der Waals surface area (Å²) in [5, 5.41) is 4.19. The monoisotopic (exact) mass is 355 g/mol. The van der Waals surface area contributed by atoms with Crippen LogP contribution in [0.15, 0.2) is 47.9 Å². The largest absolute Gasteiger partial charge is 0.452 e. The van der Waals surface area contributed by atoms with Crippen molar-refractivity contribution in [1.82, 2.24) is 0 Å². The number of alkyl halides is 3. The molecule has 0 radical (unpaired) electrons. The van der Waals surface area contributed by atoms with Gasteiger partial charge in [0, 0.05) is 16.6 Å². The van der Waals surface area contributed by atoms with E-state index >= 15 is 0 Å². The second-order valence-electron chi connectivity index (χ2n) is 4.58. The Balaban J connectivity index is 1.79. The maximum atomic E-state index is 12.4. The number of halogens is 3. The van der Waals surface area contributed by atoms with Crippen LogP contribution in [0.5, 0.6) is 0 Å². The number of hydrogen-bond acceptors (Lipinski definition) is 4. The van der Waals surface area contributed by atoms with Crippen LogP contribution in [0.25, 0.3) is 6.08 Å². The first kappa shape index (κ1) is 17.7. The fourth-order valence-corrected chi connectivity index (χ4v) is 2.28. The van der Waals surface area contributed by atoms with E-state index in [1.807, 2.05) is 17.5 Å². The lowest BCUT2D eigenvalue weighted by Gasteiger charge is -2.08. The maximum absolute atomic E-state index is 12.4. The number of esters is 1. The Morgan fingerprint density at radius 2 is 1.88 bits per heavy atom. The fourth-order valence-electron chi connectivity index (χ4n) is 1.66. The minimum absolute atomic E-state index is 0.179. The van der Waals surface area contributed by atoms with Crippen molar-refractivity contribution in [1.29, 1.82) is 0 Å². The summed E-state index contributed by atoms with van der Waals surface area (Å²) in [5.41, 5.74) is -0.635. The molecule has 0 spiro atoms. The van der Waals surface area contributed by atoms with Crippen molar-refractivity contribution in [2.75, 3.05) is 11.9 Å². The SMILES string of the molecule is O=C(COC(=O)C=Cc1cccs1)Nc1ccc(C(F)(F)F)cc1. The van der Waals surface area contributed by atoms with Crippen molar-refractivity contribution in [3.05, 3.63) is 58.3 Å². The lowest BCUT2D eigenvalue weighted by molar-refractivity contribution is -0.142. The molecule has 1 heterocycles. The first-order valence-electron chi connectivity index (χ1n) is 6.70. The van der Waals surface area contributed by atoms with Crippen LogP contribution in [0, 0.1) is 0 Å². The molecule has 0 bridgehead atoms. The van der Waals surface area contributed by atoms with Crippen molar-refractivity contribution in [3.63, 3.8) is 0 Å². The van der Waals surface area contributed by atoms with Crippen LogP contribution < -0.4 is 5.32 Å². The van der Waals surface area contributed by atoms with E-state index in [0.717, 1.165) is 29.1 Å². The Morgan fingerprint density at radius 3 is 2.46 bits per heavy atom. The second-order valence-corrected chi connectivity index (χ2v) is 5.56. The molecule has 0 saturated heterocycles. The van der Waals surface area contributed by atoms with E-state index in [0.29, 0.717) is 0 Å². The molecule has 0 fully saturated rings. The number of hydrogen-bond donors (Lipinski definition) is 1. The van der Waals surface area contributed by atoms with Crippen molar-refractivity contribution in [3.8, 4) is 0 Å². The van der Waals surface area contributed by atoms with Crippen LogP contribution in [0.3, 0.4) is 0 Å². The molecule has 4 nitrogen and oxygen atoms in total. The fraction of sp³-hybridized carbons (Fsp3) is 0.125. The number of ether oxygens (including phenoxy) is 1. The molecular weight excluding hydrogens is 343 g/mol. The molecule has 0 atom stereocenters. The van der Waals surface area contributed by atoms with Gasteiger partial charge in [0.2, 0.25) is 0 Å². The number of amides is 1. The molecule has 1 aromatic carbocycles. The highest BCUT2D eigenvalue weighted by atomic mass is 32.1. The van der Waals surface area contributed by atoms with Crippen LogP contribution in [0.2, 0.25) is 0 Å². The third-order valence-corrected chi connectivity index (χ3v) is 3.61. The highest BCUT2D eigenvalue weighted by Crippen LogP contribution is 2.29. The summed E-state index contributed by atoms with van der Waals surface area (Å²) in [4.78, 5) is 23.9. The number of benzene rings is 1. The molecule has 0 aliphatic carbocycles. The molecule has 24 heavy (non-hydrogen) atoms. The standard InChI is InChI=1S/C16H12F3NO3S/c17-16(18,19)11-3-5-12(6-4-11)20-14(21)10-23-15(22)8-7-13-2-1-9-24-13/h1-9H,10H2,(H,20,21). The van der Waals surface area contributed by atoms with Crippen molar-refractivity contribution in [2.45, 2.75) is 6.18 Å². The molecule has 2 rings (SSSR count). The van der Waals surface area contributed by atoms with Gasteiger partial charge in [-0.05, 0) is 41.8 Å². The van der Waals surface area contributed by atoms with Crippen molar-refractivity contribution >= 4 is 35.0 Å². The molecular formula is C16H12F3NO3S. The smallest absolute Gasteiger partial charge is 0.416 e. The number of rotatable bonds is 5. The highest BCUT2D eigenvalue weighted by molar-refractivity contribution is 7.10. The van der Waals surface area contributed by atoms with Gasteiger partial charge in [0.25, 0.3) is 5.91 Å². The van der Waals surface area contributed by atoms with Gasteiger partial charge < -0.3 is 10.1 Å². The number of anilines is 1. The first-order valence-corrected chi connectivity index (χ1v) is 7.58. The maximum Gasteiger partial charge on any atom is 0.416 e. The third kappa shape index (κ3) is 5.54. The van der Waals surface area contributed by atoms with Crippen molar-refractivity contribution in [2.24, 2.45) is 0 Å². The summed E-state index contributed by atoms with van der Waals surface area (Å²) in [7, 11) is 0. The van der Waals surface area contributed by atoms with E-state index in [4.69, 9.17) is 4.74 Å². The van der Waals surface area contributed by atoms with E-state index in [1.165, 1.54) is 17.4 Å². The molecule has 1 N–H and O–H groups in total. The van der Waals surface area contributed by atoms with Gasteiger partial charge in [0.1, 0.15) is 0 Å². The molecule has 0 saturated carbocycles. The summed E-state index contributed by atoms with van der Waals surface area (Å²) >= 11 is 1.44. The summed E-state index contributed by atoms with van der Waals surface area (Å²) in [5.74, 6) is -1.33. The van der Waals surface area contributed by atoms with E-state index in [9.17, 15) is 22.8 Å². The number of nitrogens with one attached hydrogen (secondary N) is 1. The Morgan fingerprint density at radius 1 is 1.17 bits per heavy atom. The van der Waals surface area contributed by atoms with Gasteiger partial charge in [-0.3, -0.25) is 4.79 Å². The minimum Gasteiger partial charge on any atom is -0.452 e. The molecule has 1 aromatic heterocycles. The van der Waals surface area contributed by atoms with E-state index in [-0.39, 0.29) is 5.69 Å². The number of carbonyl (C=O) groups is 2. The van der Waals surface area contributed by atoms with Gasteiger partial charge in [-0.25, -0.2) is 4.79 Å². The zero-order chi connectivity index (χ0) is 17.6. The topological polar surface area (TPSA) is 55.4 Å². The molecule has 0 unspecified atom stereocenters. The van der Waals surface area contributed by atoms with E-state index < -0.39 is 30.2 Å². The predicted octanol–water partition coefficient (Wildman–Crippen LogP) is 3.96. The average molecular weight is 355 g/mol. The number of carbonyl (C=O) groups excluding carboxylic acids is 2. The molecule has 1 amide bonds. The lowest BCUT2D eigenvalue weighted by atomic mass is 10.2. The normalized spacial score (nSPS) is 11.5. The van der Waals surface area contributed by atoms with Crippen LogP contribution >= 0.6 is 11.3 Å². The van der Waals surface area contributed by atoms with Gasteiger partial charge in [0.05, 0.1) is 5.56 Å². The van der Waals surface area contributed by atoms with Gasteiger partial charge in [0.15, 0.2) is 6.61 Å². The average Bonchev–Trinajstić information content (AvgIpc) is 3.04. The second kappa shape index (κ2) is 7.78. The predicted molar refractivity (Wildman–Crippen MR) is 84.4 cm³/mol. The number of thiophene rings is 1. The Kier molecular flexibility index (Phi) is 5.75. The zero-order valence-corrected chi connectivity index (χ0v) is 13.0. The minimum atomic E-state index is -4.44.